The summed E-state index contributed by atoms with van der Waals surface area (Å²) in [5.74, 6) is -3.82. The first-order valence-corrected chi connectivity index (χ1v) is 9.32. The van der Waals surface area contributed by atoms with Crippen molar-refractivity contribution in [3.05, 3.63) is 108 Å². The Morgan fingerprint density at radius 2 is 0.697 bits per heavy atom. The maximum absolute atomic E-state index is 10.2. The maximum atomic E-state index is 10.2. The molecule has 3 aromatic rings. The molecule has 33 heavy (non-hydrogen) atoms. The van der Waals surface area contributed by atoms with Crippen molar-refractivity contribution >= 4 is 23.9 Å². The lowest BCUT2D eigenvalue weighted by Gasteiger charge is -1.89. The fourth-order valence-electron chi connectivity index (χ4n) is 1.74. The summed E-state index contributed by atoms with van der Waals surface area (Å²) >= 11 is 0. The molecule has 0 bridgehead atoms. The van der Waals surface area contributed by atoms with Gasteiger partial charge in [-0.15, -0.1) is 0 Å². The van der Waals surface area contributed by atoms with Gasteiger partial charge in [0.25, 0.3) is 0 Å². The van der Waals surface area contributed by atoms with Crippen LogP contribution in [0.2, 0.25) is 0 Å². The highest BCUT2D eigenvalue weighted by atomic mass is 16.4. The zero-order valence-electron chi connectivity index (χ0n) is 17.6. The highest BCUT2D eigenvalue weighted by Crippen LogP contribution is 1.97. The standard InChI is InChI=1S/3C7H6O2.C3H6O3/c3*8-7(9)6-4-2-1-3-5-6;1-2(4)3(5)6/h3*1-5H,(H,8,9);2,4H,1H3,(H,5,6). The van der Waals surface area contributed by atoms with Crippen molar-refractivity contribution in [2.45, 2.75) is 13.0 Å². The third-order valence-corrected chi connectivity index (χ3v) is 3.42. The number of aliphatic hydroxyl groups excluding tert-OH is 1. The molecule has 9 nitrogen and oxygen atoms in total. The van der Waals surface area contributed by atoms with E-state index in [2.05, 4.69) is 0 Å². The summed E-state index contributed by atoms with van der Waals surface area (Å²) in [5.41, 5.74) is 0.993. The smallest absolute Gasteiger partial charge is 0.335 e. The molecule has 0 aliphatic rings. The summed E-state index contributed by atoms with van der Waals surface area (Å²) in [5, 5.41) is 40.9. The van der Waals surface area contributed by atoms with Gasteiger partial charge in [-0.1, -0.05) is 54.6 Å². The van der Waals surface area contributed by atoms with Crippen molar-refractivity contribution in [3.63, 3.8) is 0 Å². The minimum absolute atomic E-state index is 0.331. The monoisotopic (exact) mass is 456 g/mol. The van der Waals surface area contributed by atoms with Crippen molar-refractivity contribution in [1.29, 1.82) is 0 Å². The summed E-state index contributed by atoms with van der Waals surface area (Å²) in [6, 6.07) is 24.9. The molecule has 0 saturated heterocycles. The number of aromatic carboxylic acids is 3. The molecule has 0 spiro atoms. The quantitative estimate of drug-likeness (QED) is 0.393. The molecule has 3 rings (SSSR count). The van der Waals surface area contributed by atoms with Gasteiger partial charge in [0, 0.05) is 0 Å². The number of aliphatic carboxylic acids is 1. The van der Waals surface area contributed by atoms with Gasteiger partial charge in [-0.25, -0.2) is 19.2 Å². The van der Waals surface area contributed by atoms with Crippen LogP contribution in [0.3, 0.4) is 0 Å². The molecule has 0 radical (unpaired) electrons. The van der Waals surface area contributed by atoms with E-state index in [0.717, 1.165) is 0 Å². The fourth-order valence-corrected chi connectivity index (χ4v) is 1.74. The van der Waals surface area contributed by atoms with E-state index < -0.39 is 30.0 Å². The topological polar surface area (TPSA) is 169 Å². The van der Waals surface area contributed by atoms with Crippen LogP contribution >= 0.6 is 0 Å². The van der Waals surface area contributed by atoms with Gasteiger partial charge in [0.05, 0.1) is 16.7 Å². The number of aliphatic hydroxyl groups is 1. The van der Waals surface area contributed by atoms with Crippen LogP contribution in [0.4, 0.5) is 0 Å². The number of carbonyl (C=O) groups is 4. The Balaban J connectivity index is 0.000000419. The molecule has 0 aliphatic carbocycles. The molecule has 5 N–H and O–H groups in total. The normalized spacial score (nSPS) is 9.76. The van der Waals surface area contributed by atoms with Gasteiger partial charge in [0.1, 0.15) is 6.10 Å². The number of hydrogen-bond acceptors (Lipinski definition) is 5. The van der Waals surface area contributed by atoms with E-state index in [1.807, 2.05) is 0 Å². The number of hydrogen-bond donors (Lipinski definition) is 5. The molecule has 1 atom stereocenters. The van der Waals surface area contributed by atoms with Gasteiger partial charge < -0.3 is 25.5 Å². The van der Waals surface area contributed by atoms with Crippen molar-refractivity contribution in [2.24, 2.45) is 0 Å². The Kier molecular flexibility index (Phi) is 14.0. The Morgan fingerprint density at radius 1 is 0.515 bits per heavy atom. The predicted octanol–water partition coefficient (Wildman–Crippen LogP) is 3.61. The summed E-state index contributed by atoms with van der Waals surface area (Å²) < 4.78 is 0. The number of benzene rings is 3. The average Bonchev–Trinajstić information content (AvgIpc) is 2.82. The molecule has 1 unspecified atom stereocenters. The highest BCUT2D eigenvalue weighted by molar-refractivity contribution is 5.88. The molecule has 0 saturated carbocycles. The zero-order valence-corrected chi connectivity index (χ0v) is 17.6. The summed E-state index contributed by atoms with van der Waals surface area (Å²) in [6.07, 6.45) is -1.23. The van der Waals surface area contributed by atoms with E-state index >= 15 is 0 Å². The van der Waals surface area contributed by atoms with Crippen LogP contribution in [0, 0.1) is 0 Å². The Hall–Kier alpha value is -4.50. The summed E-state index contributed by atoms with van der Waals surface area (Å²) in [4.78, 5) is 40.1. The number of carboxylic acid groups (broad SMARTS) is 4. The third kappa shape index (κ3) is 14.2. The van der Waals surface area contributed by atoms with E-state index in [9.17, 15) is 19.2 Å². The first-order valence-electron chi connectivity index (χ1n) is 9.32. The Morgan fingerprint density at radius 3 is 0.788 bits per heavy atom. The number of carboxylic acids is 4. The van der Waals surface area contributed by atoms with E-state index in [0.29, 0.717) is 16.7 Å². The van der Waals surface area contributed by atoms with Crippen LogP contribution in [-0.2, 0) is 4.79 Å². The van der Waals surface area contributed by atoms with Crippen LogP contribution in [0.25, 0.3) is 0 Å². The van der Waals surface area contributed by atoms with E-state index in [1.54, 1.807) is 91.0 Å². The van der Waals surface area contributed by atoms with Crippen molar-refractivity contribution in [3.8, 4) is 0 Å². The van der Waals surface area contributed by atoms with E-state index in [1.165, 1.54) is 6.92 Å². The molecule has 3 aromatic carbocycles. The van der Waals surface area contributed by atoms with Crippen molar-refractivity contribution in [2.75, 3.05) is 0 Å². The molecular formula is C24H24O9. The van der Waals surface area contributed by atoms with Crippen LogP contribution in [0.1, 0.15) is 38.0 Å². The molecule has 0 aromatic heterocycles. The first-order chi connectivity index (χ1) is 15.6. The van der Waals surface area contributed by atoms with Crippen LogP contribution in [-0.4, -0.2) is 55.5 Å². The fraction of sp³-hybridized carbons (Fsp3) is 0.0833. The lowest BCUT2D eigenvalue weighted by Crippen LogP contribution is -2.13. The highest BCUT2D eigenvalue weighted by Gasteiger charge is 2.01. The van der Waals surface area contributed by atoms with E-state index in [4.69, 9.17) is 25.5 Å². The molecule has 0 heterocycles. The largest absolute Gasteiger partial charge is 0.479 e. The summed E-state index contributed by atoms with van der Waals surface area (Å²) in [7, 11) is 0. The first kappa shape index (κ1) is 28.5. The van der Waals surface area contributed by atoms with Crippen molar-refractivity contribution in [1.82, 2.24) is 0 Å². The average molecular weight is 456 g/mol. The van der Waals surface area contributed by atoms with Gasteiger partial charge >= 0.3 is 23.9 Å². The van der Waals surface area contributed by atoms with Gasteiger partial charge in [-0.2, -0.15) is 0 Å². The molecule has 0 fully saturated rings. The van der Waals surface area contributed by atoms with Crippen molar-refractivity contribution < 1.29 is 44.7 Å². The summed E-state index contributed by atoms with van der Waals surface area (Å²) in [6.45, 7) is 1.20. The lowest BCUT2D eigenvalue weighted by atomic mass is 10.2. The van der Waals surface area contributed by atoms with Crippen LogP contribution in [0.15, 0.2) is 91.0 Å². The second-order valence-electron chi connectivity index (χ2n) is 6.03. The van der Waals surface area contributed by atoms with E-state index in [-0.39, 0.29) is 0 Å². The van der Waals surface area contributed by atoms with Gasteiger partial charge in [0.15, 0.2) is 0 Å². The third-order valence-electron chi connectivity index (χ3n) is 3.42. The van der Waals surface area contributed by atoms with Gasteiger partial charge in [-0.3, -0.25) is 0 Å². The second kappa shape index (κ2) is 16.2. The lowest BCUT2D eigenvalue weighted by molar-refractivity contribution is -0.145. The molecular weight excluding hydrogens is 432 g/mol. The Bertz CT molecular complexity index is 869. The van der Waals surface area contributed by atoms with Crippen LogP contribution < -0.4 is 0 Å². The zero-order chi connectivity index (χ0) is 25.2. The maximum Gasteiger partial charge on any atom is 0.335 e. The van der Waals surface area contributed by atoms with Crippen LogP contribution in [0.5, 0.6) is 0 Å². The Labute approximate surface area is 189 Å². The predicted molar refractivity (Wildman–Crippen MR) is 120 cm³/mol. The second-order valence-corrected chi connectivity index (χ2v) is 6.03. The molecule has 174 valence electrons. The molecule has 0 amide bonds. The SMILES string of the molecule is CC(O)C(=O)O.O=C(O)c1ccccc1.O=C(O)c1ccccc1.O=C(O)c1ccccc1. The molecule has 0 aliphatic heterocycles. The van der Waals surface area contributed by atoms with Gasteiger partial charge in [-0.05, 0) is 43.3 Å². The minimum atomic E-state index is -1.23. The minimum Gasteiger partial charge on any atom is -0.479 e. The van der Waals surface area contributed by atoms with Gasteiger partial charge in [0.2, 0.25) is 0 Å². The molecule has 9 heteroatoms. The number of rotatable bonds is 4.